The molecule has 17 heavy (non-hydrogen) atoms. The van der Waals surface area contributed by atoms with E-state index in [-0.39, 0.29) is 16.6 Å². The summed E-state index contributed by atoms with van der Waals surface area (Å²) in [4.78, 5) is 13.4. The number of aromatic nitrogens is 1. The molecule has 0 bridgehead atoms. The Morgan fingerprint density at radius 2 is 2.18 bits per heavy atom. The number of sulfone groups is 1. The predicted octanol–water partition coefficient (Wildman–Crippen LogP) is 1.78. The maximum absolute atomic E-state index is 11.9. The van der Waals surface area contributed by atoms with E-state index in [0.717, 1.165) is 18.3 Å². The first-order valence-electron chi connectivity index (χ1n) is 4.80. The monoisotopic (exact) mass is 278 g/mol. The molecule has 0 aliphatic heterocycles. The molecule has 0 aliphatic rings. The Hall–Kier alpha value is -1.21. The fraction of sp³-hybridized carbons (Fsp3) is 0.444. The molecule has 1 rings (SSSR count). The molecule has 1 aromatic heterocycles. The molecule has 0 saturated heterocycles. The van der Waals surface area contributed by atoms with E-state index >= 15 is 0 Å². The summed E-state index contributed by atoms with van der Waals surface area (Å²) in [5, 5.41) is 9.57. The van der Waals surface area contributed by atoms with E-state index in [1.807, 2.05) is 0 Å². The molecule has 94 valence electrons. The van der Waals surface area contributed by atoms with Gasteiger partial charge in [-0.25, -0.2) is 13.4 Å². The Labute approximate surface area is 104 Å². The van der Waals surface area contributed by atoms with Crippen molar-refractivity contribution in [2.45, 2.75) is 23.6 Å². The van der Waals surface area contributed by atoms with Gasteiger partial charge >= 0.3 is 0 Å². The number of hydrogen-bond donors (Lipinski definition) is 0. The fourth-order valence-electron chi connectivity index (χ4n) is 1.16. The summed E-state index contributed by atoms with van der Waals surface area (Å²) in [5.74, 6) is 0.230. The van der Waals surface area contributed by atoms with E-state index in [9.17, 15) is 18.5 Å². The molecule has 0 amide bonds. The van der Waals surface area contributed by atoms with E-state index in [1.54, 1.807) is 0 Å². The molecule has 0 saturated carbocycles. The average Bonchev–Trinajstić information content (AvgIpc) is 2.29. The zero-order valence-corrected chi connectivity index (χ0v) is 10.6. The molecule has 1 atom stereocenters. The topological polar surface area (TPSA) is 90.2 Å². The molecule has 0 N–H and O–H groups in total. The Morgan fingerprint density at radius 1 is 1.53 bits per heavy atom. The zero-order chi connectivity index (χ0) is 13.1. The molecule has 0 aromatic carbocycles. The van der Waals surface area contributed by atoms with Crippen LogP contribution in [0.3, 0.4) is 0 Å². The summed E-state index contributed by atoms with van der Waals surface area (Å²) in [5.41, 5.74) is -0.242. The van der Waals surface area contributed by atoms with Crippen LogP contribution in [0.25, 0.3) is 0 Å². The minimum atomic E-state index is -3.56. The molecule has 0 fully saturated rings. The van der Waals surface area contributed by atoms with Crippen molar-refractivity contribution in [3.63, 3.8) is 0 Å². The number of pyridine rings is 1. The number of nitrogens with zero attached hydrogens (tertiary/aromatic N) is 2. The normalized spacial score (nSPS) is 13.3. The summed E-state index contributed by atoms with van der Waals surface area (Å²) < 4.78 is 23.8. The average molecular weight is 279 g/mol. The third-order valence-corrected chi connectivity index (χ3v) is 4.61. The Kier molecular flexibility index (Phi) is 4.41. The van der Waals surface area contributed by atoms with Gasteiger partial charge in [0, 0.05) is 11.9 Å². The van der Waals surface area contributed by atoms with E-state index in [0.29, 0.717) is 6.42 Å². The van der Waals surface area contributed by atoms with Gasteiger partial charge in [0.2, 0.25) is 0 Å². The maximum atomic E-state index is 11.9. The van der Waals surface area contributed by atoms with Gasteiger partial charge in [-0.05, 0) is 19.4 Å². The number of hydrogen-bond acceptors (Lipinski definition) is 5. The summed E-state index contributed by atoms with van der Waals surface area (Å²) in [7, 11) is -3.56. The minimum absolute atomic E-state index is 0.166. The van der Waals surface area contributed by atoms with Crippen LogP contribution < -0.4 is 0 Å². The zero-order valence-electron chi connectivity index (χ0n) is 9.04. The van der Waals surface area contributed by atoms with Gasteiger partial charge in [0.25, 0.3) is 5.69 Å². The van der Waals surface area contributed by atoms with Crippen LogP contribution in [0.2, 0.25) is 0 Å². The maximum Gasteiger partial charge on any atom is 0.287 e. The fourth-order valence-corrected chi connectivity index (χ4v) is 2.92. The first-order valence-corrected chi connectivity index (χ1v) is 6.88. The van der Waals surface area contributed by atoms with Crippen LogP contribution in [0.1, 0.15) is 13.3 Å². The quantitative estimate of drug-likeness (QED) is 0.465. The van der Waals surface area contributed by atoms with Crippen molar-refractivity contribution in [3.8, 4) is 0 Å². The lowest BCUT2D eigenvalue weighted by Crippen LogP contribution is -2.19. The largest absolute Gasteiger partial charge is 0.287 e. The van der Waals surface area contributed by atoms with E-state index < -0.39 is 20.0 Å². The molecule has 6 nitrogen and oxygen atoms in total. The highest BCUT2D eigenvalue weighted by atomic mass is 35.5. The number of halogens is 1. The number of alkyl halides is 1. The lowest BCUT2D eigenvalue weighted by atomic mass is 10.4. The number of nitro groups is 1. The summed E-state index contributed by atoms with van der Waals surface area (Å²) >= 11 is 5.48. The predicted molar refractivity (Wildman–Crippen MR) is 62.9 cm³/mol. The van der Waals surface area contributed by atoms with Crippen LogP contribution in [-0.4, -0.2) is 29.5 Å². The van der Waals surface area contributed by atoms with Gasteiger partial charge in [0.1, 0.15) is 6.20 Å². The Morgan fingerprint density at radius 3 is 2.59 bits per heavy atom. The van der Waals surface area contributed by atoms with Crippen molar-refractivity contribution < 1.29 is 13.3 Å². The second-order valence-electron chi connectivity index (χ2n) is 3.45. The Balaban J connectivity index is 3.04. The van der Waals surface area contributed by atoms with Crippen molar-refractivity contribution in [3.05, 3.63) is 28.4 Å². The van der Waals surface area contributed by atoms with E-state index in [4.69, 9.17) is 11.6 Å². The number of rotatable bonds is 5. The van der Waals surface area contributed by atoms with Gasteiger partial charge in [-0.3, -0.25) is 10.1 Å². The van der Waals surface area contributed by atoms with E-state index in [2.05, 4.69) is 4.98 Å². The van der Waals surface area contributed by atoms with Crippen molar-refractivity contribution in [2.75, 3.05) is 5.88 Å². The van der Waals surface area contributed by atoms with Crippen LogP contribution >= 0.6 is 11.6 Å². The molecule has 1 aromatic rings. The van der Waals surface area contributed by atoms with Gasteiger partial charge in [-0.15, -0.1) is 11.6 Å². The van der Waals surface area contributed by atoms with Crippen LogP contribution in [0.5, 0.6) is 0 Å². The van der Waals surface area contributed by atoms with Gasteiger partial charge in [0.15, 0.2) is 14.9 Å². The van der Waals surface area contributed by atoms with Crippen LogP contribution in [0, 0.1) is 10.1 Å². The van der Waals surface area contributed by atoms with Crippen LogP contribution in [0.15, 0.2) is 23.4 Å². The van der Waals surface area contributed by atoms with Crippen molar-refractivity contribution >= 4 is 27.1 Å². The molecular formula is C9H11ClN2O4S. The first-order chi connectivity index (χ1) is 7.89. The highest BCUT2D eigenvalue weighted by molar-refractivity contribution is 7.92. The van der Waals surface area contributed by atoms with Crippen LogP contribution in [-0.2, 0) is 9.84 Å². The molecule has 0 spiro atoms. The molecule has 0 aliphatic carbocycles. The summed E-state index contributed by atoms with van der Waals surface area (Å²) in [6.45, 7) is 1.53. The van der Waals surface area contributed by atoms with Gasteiger partial charge in [-0.2, -0.15) is 0 Å². The van der Waals surface area contributed by atoms with E-state index in [1.165, 1.54) is 6.92 Å². The molecular weight excluding hydrogens is 268 g/mol. The standard InChI is InChI=1S/C9H11ClN2O4S/c1-7(4-5-10)17(15,16)9-3-2-8(6-11-9)12(13)14/h2-3,6-7H,4-5H2,1H3. The first kappa shape index (κ1) is 13.9. The summed E-state index contributed by atoms with van der Waals surface area (Å²) in [6.07, 6.45) is 1.24. The smallest absolute Gasteiger partial charge is 0.258 e. The lowest BCUT2D eigenvalue weighted by molar-refractivity contribution is -0.385. The third kappa shape index (κ3) is 3.13. The molecule has 8 heteroatoms. The van der Waals surface area contributed by atoms with Crippen molar-refractivity contribution in [1.82, 2.24) is 4.98 Å². The molecule has 1 unspecified atom stereocenters. The minimum Gasteiger partial charge on any atom is -0.258 e. The molecule has 0 radical (unpaired) electrons. The second-order valence-corrected chi connectivity index (χ2v) is 6.14. The Bertz CT molecular complexity index is 500. The highest BCUT2D eigenvalue weighted by Crippen LogP contribution is 2.18. The van der Waals surface area contributed by atoms with Gasteiger partial charge < -0.3 is 0 Å². The molecule has 1 heterocycles. The van der Waals surface area contributed by atoms with Crippen molar-refractivity contribution in [1.29, 1.82) is 0 Å². The second kappa shape index (κ2) is 5.42. The van der Waals surface area contributed by atoms with Gasteiger partial charge in [-0.1, -0.05) is 0 Å². The summed E-state index contributed by atoms with van der Waals surface area (Å²) in [6, 6.07) is 2.26. The highest BCUT2D eigenvalue weighted by Gasteiger charge is 2.24. The van der Waals surface area contributed by atoms with Crippen molar-refractivity contribution in [2.24, 2.45) is 0 Å². The van der Waals surface area contributed by atoms with Gasteiger partial charge in [0.05, 0.1) is 10.2 Å². The van der Waals surface area contributed by atoms with Crippen LogP contribution in [0.4, 0.5) is 5.69 Å². The lowest BCUT2D eigenvalue weighted by Gasteiger charge is -2.09. The SMILES string of the molecule is CC(CCCl)S(=O)(=O)c1ccc([N+](=O)[O-])cn1. The third-order valence-electron chi connectivity index (χ3n) is 2.27.